The first-order chi connectivity index (χ1) is 8.38. The summed E-state index contributed by atoms with van der Waals surface area (Å²) in [4.78, 5) is 0. The van der Waals surface area contributed by atoms with Crippen LogP contribution < -0.4 is 0 Å². The minimum atomic E-state index is 0.832. The van der Waals surface area contributed by atoms with Crippen molar-refractivity contribution >= 4 is 6.08 Å². The molecule has 2 rings (SSSR count). The predicted molar refractivity (Wildman–Crippen MR) is 71.7 cm³/mol. The van der Waals surface area contributed by atoms with Crippen LogP contribution in [0.2, 0.25) is 0 Å². The average molecular weight is 226 g/mol. The molecule has 0 aliphatic carbocycles. The van der Waals surface area contributed by atoms with Crippen molar-refractivity contribution in [2.24, 2.45) is 0 Å². The van der Waals surface area contributed by atoms with Gasteiger partial charge in [0, 0.05) is 6.20 Å². The molecule has 1 aromatic heterocycles. The Kier molecular flexibility index (Phi) is 4.14. The molecular weight excluding hydrogens is 208 g/mol. The van der Waals surface area contributed by atoms with Crippen molar-refractivity contribution in [2.75, 3.05) is 0 Å². The molecule has 2 heteroatoms. The summed E-state index contributed by atoms with van der Waals surface area (Å²) in [5.41, 5.74) is 2.55. The molecular formula is C15H18N2. The number of aryl methyl sites for hydroxylation is 1. The zero-order valence-electron chi connectivity index (χ0n) is 10.2. The Balaban J connectivity index is 1.91. The smallest absolute Gasteiger partial charge is 0.0593 e. The molecule has 0 N–H and O–H groups in total. The van der Waals surface area contributed by atoms with Gasteiger partial charge in [-0.15, -0.1) is 0 Å². The predicted octanol–water partition coefficient (Wildman–Crippen LogP) is 3.55. The third-order valence-corrected chi connectivity index (χ3v) is 2.63. The highest BCUT2D eigenvalue weighted by Gasteiger charge is 1.95. The Morgan fingerprint density at radius 3 is 2.82 bits per heavy atom. The van der Waals surface area contributed by atoms with E-state index in [4.69, 9.17) is 0 Å². The Hall–Kier alpha value is -1.83. The van der Waals surface area contributed by atoms with Gasteiger partial charge in [0.15, 0.2) is 0 Å². The van der Waals surface area contributed by atoms with E-state index in [9.17, 15) is 0 Å². The Morgan fingerprint density at radius 1 is 1.24 bits per heavy atom. The van der Waals surface area contributed by atoms with E-state index in [0.717, 1.165) is 13.0 Å². The summed E-state index contributed by atoms with van der Waals surface area (Å²) in [6, 6.07) is 10.3. The number of hydrogen-bond acceptors (Lipinski definition) is 1. The molecule has 88 valence electrons. The van der Waals surface area contributed by atoms with Crippen LogP contribution in [0.15, 0.2) is 48.8 Å². The standard InChI is InChI=1S/C15H18N2/c1-2-7-15-12-16-17(13-15)11-6-10-14-8-4-3-5-9-14/h3-6,8-10,12-13H,2,7,11H2,1H3/b10-6+. The van der Waals surface area contributed by atoms with Crippen molar-refractivity contribution in [1.29, 1.82) is 0 Å². The van der Waals surface area contributed by atoms with E-state index in [1.54, 1.807) is 0 Å². The van der Waals surface area contributed by atoms with E-state index in [2.05, 4.69) is 42.5 Å². The number of benzene rings is 1. The van der Waals surface area contributed by atoms with Gasteiger partial charge in [0.25, 0.3) is 0 Å². The zero-order chi connectivity index (χ0) is 11.9. The first kappa shape index (κ1) is 11.6. The highest BCUT2D eigenvalue weighted by Crippen LogP contribution is 2.03. The number of aromatic nitrogens is 2. The van der Waals surface area contributed by atoms with Crippen LogP contribution in [0, 0.1) is 0 Å². The fraction of sp³-hybridized carbons (Fsp3) is 0.267. The van der Waals surface area contributed by atoms with Crippen LogP contribution in [0.4, 0.5) is 0 Å². The minimum absolute atomic E-state index is 0.832. The van der Waals surface area contributed by atoms with Crippen molar-refractivity contribution in [3.63, 3.8) is 0 Å². The molecule has 0 fully saturated rings. The van der Waals surface area contributed by atoms with Crippen molar-refractivity contribution < 1.29 is 0 Å². The van der Waals surface area contributed by atoms with Gasteiger partial charge in [-0.2, -0.15) is 5.10 Å². The molecule has 0 radical (unpaired) electrons. The Morgan fingerprint density at radius 2 is 2.06 bits per heavy atom. The SMILES string of the molecule is CCCc1cnn(C/C=C/c2ccccc2)c1. The second-order valence-electron chi connectivity index (χ2n) is 4.13. The number of nitrogens with zero attached hydrogens (tertiary/aromatic N) is 2. The van der Waals surface area contributed by atoms with Crippen LogP contribution in [0.3, 0.4) is 0 Å². The fourth-order valence-electron chi connectivity index (χ4n) is 1.78. The van der Waals surface area contributed by atoms with Crippen LogP contribution in [0.5, 0.6) is 0 Å². The molecule has 1 aromatic carbocycles. The normalized spacial score (nSPS) is 11.1. The summed E-state index contributed by atoms with van der Waals surface area (Å²) in [6.07, 6.45) is 10.6. The van der Waals surface area contributed by atoms with E-state index in [1.807, 2.05) is 29.1 Å². The highest BCUT2D eigenvalue weighted by atomic mass is 15.3. The molecule has 0 aliphatic rings. The molecule has 0 amide bonds. The topological polar surface area (TPSA) is 17.8 Å². The maximum atomic E-state index is 4.33. The Labute approximate surface area is 103 Å². The third kappa shape index (κ3) is 3.59. The van der Waals surface area contributed by atoms with E-state index in [1.165, 1.54) is 17.5 Å². The second-order valence-corrected chi connectivity index (χ2v) is 4.13. The van der Waals surface area contributed by atoms with Crippen LogP contribution in [-0.2, 0) is 13.0 Å². The number of hydrogen-bond donors (Lipinski definition) is 0. The molecule has 1 heterocycles. The quantitative estimate of drug-likeness (QED) is 0.762. The van der Waals surface area contributed by atoms with Crippen molar-refractivity contribution in [3.05, 3.63) is 59.9 Å². The highest BCUT2D eigenvalue weighted by molar-refractivity contribution is 5.48. The van der Waals surface area contributed by atoms with Gasteiger partial charge in [-0.25, -0.2) is 0 Å². The van der Waals surface area contributed by atoms with E-state index >= 15 is 0 Å². The lowest BCUT2D eigenvalue weighted by Gasteiger charge is -1.95. The monoisotopic (exact) mass is 226 g/mol. The first-order valence-corrected chi connectivity index (χ1v) is 6.11. The van der Waals surface area contributed by atoms with Gasteiger partial charge in [0.1, 0.15) is 0 Å². The van der Waals surface area contributed by atoms with Gasteiger partial charge in [-0.1, -0.05) is 55.8 Å². The van der Waals surface area contributed by atoms with Crippen molar-refractivity contribution in [3.8, 4) is 0 Å². The molecule has 0 saturated heterocycles. The molecule has 0 aliphatic heterocycles. The minimum Gasteiger partial charge on any atom is -0.269 e. The maximum Gasteiger partial charge on any atom is 0.0593 e. The average Bonchev–Trinajstić information content (AvgIpc) is 2.79. The summed E-state index contributed by atoms with van der Waals surface area (Å²) < 4.78 is 1.98. The van der Waals surface area contributed by atoms with Crippen molar-refractivity contribution in [1.82, 2.24) is 9.78 Å². The van der Waals surface area contributed by atoms with Gasteiger partial charge in [0.05, 0.1) is 12.7 Å². The maximum absolute atomic E-state index is 4.33. The lowest BCUT2D eigenvalue weighted by Crippen LogP contribution is -1.94. The second kappa shape index (κ2) is 6.04. The molecule has 17 heavy (non-hydrogen) atoms. The molecule has 2 aromatic rings. The fourth-order valence-corrected chi connectivity index (χ4v) is 1.78. The van der Waals surface area contributed by atoms with Gasteiger partial charge < -0.3 is 0 Å². The summed E-state index contributed by atoms with van der Waals surface area (Å²) >= 11 is 0. The third-order valence-electron chi connectivity index (χ3n) is 2.63. The zero-order valence-corrected chi connectivity index (χ0v) is 10.2. The van der Waals surface area contributed by atoms with Gasteiger partial charge in [-0.05, 0) is 17.5 Å². The molecule has 0 bridgehead atoms. The molecule has 2 nitrogen and oxygen atoms in total. The largest absolute Gasteiger partial charge is 0.269 e. The lowest BCUT2D eigenvalue weighted by atomic mass is 10.2. The van der Waals surface area contributed by atoms with E-state index < -0.39 is 0 Å². The molecule has 0 atom stereocenters. The van der Waals surface area contributed by atoms with Crippen LogP contribution in [0.1, 0.15) is 24.5 Å². The molecule has 0 saturated carbocycles. The van der Waals surface area contributed by atoms with Crippen molar-refractivity contribution in [2.45, 2.75) is 26.3 Å². The van der Waals surface area contributed by atoms with Gasteiger partial charge in [-0.3, -0.25) is 4.68 Å². The molecule has 0 unspecified atom stereocenters. The first-order valence-electron chi connectivity index (χ1n) is 6.11. The van der Waals surface area contributed by atoms with Crippen LogP contribution in [-0.4, -0.2) is 9.78 Å². The van der Waals surface area contributed by atoms with Gasteiger partial charge in [0.2, 0.25) is 0 Å². The number of allylic oxidation sites excluding steroid dienone is 1. The Bertz CT molecular complexity index is 469. The van der Waals surface area contributed by atoms with E-state index in [0.29, 0.717) is 0 Å². The van der Waals surface area contributed by atoms with Crippen LogP contribution >= 0.6 is 0 Å². The summed E-state index contributed by atoms with van der Waals surface area (Å²) in [5, 5.41) is 4.33. The van der Waals surface area contributed by atoms with Gasteiger partial charge >= 0.3 is 0 Å². The number of rotatable bonds is 5. The van der Waals surface area contributed by atoms with E-state index in [-0.39, 0.29) is 0 Å². The van der Waals surface area contributed by atoms with Crippen LogP contribution in [0.25, 0.3) is 6.08 Å². The molecule has 0 spiro atoms. The summed E-state index contributed by atoms with van der Waals surface area (Å²) in [6.45, 7) is 3.02. The summed E-state index contributed by atoms with van der Waals surface area (Å²) in [5.74, 6) is 0. The lowest BCUT2D eigenvalue weighted by molar-refractivity contribution is 0.702. The summed E-state index contributed by atoms with van der Waals surface area (Å²) in [7, 11) is 0.